The highest BCUT2D eigenvalue weighted by Crippen LogP contribution is 2.29. The molecule has 3 rings (SSSR count). The molecule has 0 atom stereocenters. The Morgan fingerprint density at radius 1 is 1.26 bits per heavy atom. The van der Waals surface area contributed by atoms with Crippen LogP contribution in [0.3, 0.4) is 0 Å². The van der Waals surface area contributed by atoms with Crippen LogP contribution >= 0.6 is 27.7 Å². The summed E-state index contributed by atoms with van der Waals surface area (Å²) in [6.45, 7) is 0. The molecule has 0 amide bonds. The first-order valence-corrected chi connectivity index (χ1v) is 7.32. The number of aromatic nitrogens is 4. The first-order valence-electron chi connectivity index (χ1n) is 5.55. The molecule has 96 valence electrons. The highest BCUT2D eigenvalue weighted by Gasteiger charge is 2.08. The minimum atomic E-state index is 0.689. The number of hydrogen-bond acceptors (Lipinski definition) is 5. The number of H-pyrrole nitrogens is 1. The van der Waals surface area contributed by atoms with Gasteiger partial charge < -0.3 is 10.7 Å². The van der Waals surface area contributed by atoms with Gasteiger partial charge in [-0.15, -0.1) is 0 Å². The Kier molecular flexibility index (Phi) is 3.39. The van der Waals surface area contributed by atoms with Crippen LogP contribution in [-0.2, 0) is 5.75 Å². The lowest BCUT2D eigenvalue weighted by atomic mass is 10.2. The van der Waals surface area contributed by atoms with Crippen LogP contribution in [0.1, 0.15) is 5.56 Å². The molecular formula is C12H10BrN5S. The van der Waals surface area contributed by atoms with E-state index in [-0.39, 0.29) is 0 Å². The molecule has 0 bridgehead atoms. The van der Waals surface area contributed by atoms with Crippen LogP contribution < -0.4 is 5.73 Å². The number of nitrogens with one attached hydrogen (secondary N) is 1. The van der Waals surface area contributed by atoms with Crippen LogP contribution in [0.5, 0.6) is 0 Å². The third-order valence-corrected chi connectivity index (χ3v) is 4.41. The number of anilines is 1. The van der Waals surface area contributed by atoms with Gasteiger partial charge in [-0.05, 0) is 17.7 Å². The van der Waals surface area contributed by atoms with Crippen molar-refractivity contribution in [2.45, 2.75) is 10.8 Å². The number of benzene rings is 1. The van der Waals surface area contributed by atoms with Gasteiger partial charge in [-0.2, -0.15) is 0 Å². The van der Waals surface area contributed by atoms with Crippen molar-refractivity contribution in [3.05, 3.63) is 40.9 Å². The molecule has 3 N–H and O–H groups in total. The maximum absolute atomic E-state index is 5.72. The highest BCUT2D eigenvalue weighted by molar-refractivity contribution is 9.10. The first kappa shape index (κ1) is 12.4. The summed E-state index contributed by atoms with van der Waals surface area (Å²) in [5.74, 6) is 0.798. The maximum atomic E-state index is 5.72. The Balaban J connectivity index is 1.84. The van der Waals surface area contributed by atoms with E-state index in [9.17, 15) is 0 Å². The standard InChI is InChI=1S/C12H10BrN5S/c13-9-3-8(14)2-1-7(9)4-19-12-10-11(16-5-15-10)17-6-18-12/h1-3,5-6H,4,14H2,(H,15,16,17,18). The highest BCUT2D eigenvalue weighted by atomic mass is 79.9. The molecule has 1 aromatic carbocycles. The van der Waals surface area contributed by atoms with Crippen LogP contribution in [0.2, 0.25) is 0 Å². The number of aromatic amines is 1. The van der Waals surface area contributed by atoms with Gasteiger partial charge in [-0.3, -0.25) is 0 Å². The van der Waals surface area contributed by atoms with Crippen molar-refractivity contribution in [1.82, 2.24) is 19.9 Å². The van der Waals surface area contributed by atoms with Crippen molar-refractivity contribution >= 4 is 44.5 Å². The summed E-state index contributed by atoms with van der Waals surface area (Å²) in [7, 11) is 0. The molecule has 2 heterocycles. The fourth-order valence-corrected chi connectivity index (χ4v) is 3.36. The number of nitrogens with two attached hydrogens (primary N) is 1. The summed E-state index contributed by atoms with van der Waals surface area (Å²) in [5.41, 5.74) is 9.21. The predicted octanol–water partition coefficient (Wildman–Crippen LogP) is 2.99. The van der Waals surface area contributed by atoms with Crippen molar-refractivity contribution in [2.24, 2.45) is 0 Å². The van der Waals surface area contributed by atoms with Crippen molar-refractivity contribution in [2.75, 3.05) is 5.73 Å². The molecule has 5 nitrogen and oxygen atoms in total. The number of thioether (sulfide) groups is 1. The first-order chi connectivity index (χ1) is 9.24. The van der Waals surface area contributed by atoms with Gasteiger partial charge in [-0.25, -0.2) is 15.0 Å². The number of nitrogen functional groups attached to an aromatic ring is 1. The second-order valence-corrected chi connectivity index (χ2v) is 5.74. The van der Waals surface area contributed by atoms with Crippen LogP contribution in [0.4, 0.5) is 5.69 Å². The van der Waals surface area contributed by atoms with E-state index in [2.05, 4.69) is 35.9 Å². The average molecular weight is 336 g/mol. The van der Waals surface area contributed by atoms with Gasteiger partial charge in [0.25, 0.3) is 0 Å². The molecule has 0 saturated carbocycles. The van der Waals surface area contributed by atoms with Gasteiger partial charge in [-0.1, -0.05) is 33.8 Å². The number of hydrogen-bond donors (Lipinski definition) is 2. The topological polar surface area (TPSA) is 80.5 Å². The van der Waals surface area contributed by atoms with Crippen molar-refractivity contribution < 1.29 is 0 Å². The molecule has 2 aromatic heterocycles. The zero-order valence-electron chi connectivity index (χ0n) is 9.80. The third kappa shape index (κ3) is 2.57. The molecule has 0 saturated heterocycles. The van der Waals surface area contributed by atoms with Crippen LogP contribution in [0, 0.1) is 0 Å². The second-order valence-electron chi connectivity index (χ2n) is 3.92. The Morgan fingerprint density at radius 3 is 3.00 bits per heavy atom. The second kappa shape index (κ2) is 5.18. The molecule has 3 aromatic rings. The van der Waals surface area contributed by atoms with Crippen LogP contribution in [0.15, 0.2) is 40.4 Å². The Bertz CT molecular complexity index is 727. The number of fused-ring (bicyclic) bond motifs is 1. The summed E-state index contributed by atoms with van der Waals surface area (Å²) < 4.78 is 1.01. The fraction of sp³-hybridized carbons (Fsp3) is 0.0833. The number of nitrogens with zero attached hydrogens (tertiary/aromatic N) is 3. The third-order valence-electron chi connectivity index (χ3n) is 2.63. The van der Waals surface area contributed by atoms with Crippen LogP contribution in [-0.4, -0.2) is 19.9 Å². The van der Waals surface area contributed by atoms with Crippen LogP contribution in [0.25, 0.3) is 11.2 Å². The molecule has 0 aliphatic heterocycles. The number of imidazole rings is 1. The smallest absolute Gasteiger partial charge is 0.181 e. The molecule has 0 radical (unpaired) electrons. The lowest BCUT2D eigenvalue weighted by Gasteiger charge is -2.05. The van der Waals surface area contributed by atoms with Gasteiger partial charge in [0.15, 0.2) is 5.65 Å². The summed E-state index contributed by atoms with van der Waals surface area (Å²) >= 11 is 5.15. The van der Waals surface area contributed by atoms with E-state index in [1.54, 1.807) is 18.1 Å². The monoisotopic (exact) mass is 335 g/mol. The minimum absolute atomic E-state index is 0.689. The molecule has 19 heavy (non-hydrogen) atoms. The molecule has 0 aliphatic carbocycles. The molecule has 0 spiro atoms. The van der Waals surface area contributed by atoms with Gasteiger partial charge >= 0.3 is 0 Å². The van der Waals surface area contributed by atoms with E-state index in [0.717, 1.165) is 26.5 Å². The van der Waals surface area contributed by atoms with Gasteiger partial charge in [0.1, 0.15) is 16.9 Å². The van der Waals surface area contributed by atoms with Gasteiger partial charge in [0, 0.05) is 15.9 Å². The fourth-order valence-electron chi connectivity index (χ4n) is 1.68. The van der Waals surface area contributed by atoms with Crippen molar-refractivity contribution in [3.63, 3.8) is 0 Å². The zero-order valence-corrected chi connectivity index (χ0v) is 12.2. The number of halogens is 1. The zero-order chi connectivity index (χ0) is 13.2. The maximum Gasteiger partial charge on any atom is 0.181 e. The van der Waals surface area contributed by atoms with Gasteiger partial charge in [0.2, 0.25) is 0 Å². The number of rotatable bonds is 3. The normalized spacial score (nSPS) is 11.0. The van der Waals surface area contributed by atoms with Crippen molar-refractivity contribution in [3.8, 4) is 0 Å². The predicted molar refractivity (Wildman–Crippen MR) is 79.8 cm³/mol. The van der Waals surface area contributed by atoms with E-state index in [1.165, 1.54) is 11.9 Å². The largest absolute Gasteiger partial charge is 0.399 e. The summed E-state index contributed by atoms with van der Waals surface area (Å²) in [5, 5.41) is 0.895. The minimum Gasteiger partial charge on any atom is -0.399 e. The van der Waals surface area contributed by atoms with Gasteiger partial charge in [0.05, 0.1) is 6.33 Å². The van der Waals surface area contributed by atoms with E-state index in [1.807, 2.05) is 18.2 Å². The Morgan fingerprint density at radius 2 is 2.16 bits per heavy atom. The lowest BCUT2D eigenvalue weighted by molar-refractivity contribution is 1.08. The van der Waals surface area contributed by atoms with E-state index < -0.39 is 0 Å². The average Bonchev–Trinajstić information content (AvgIpc) is 2.86. The quantitative estimate of drug-likeness (QED) is 0.437. The Hall–Kier alpha value is -1.60. The van der Waals surface area contributed by atoms with E-state index in [4.69, 9.17) is 5.73 Å². The molecule has 0 fully saturated rings. The van der Waals surface area contributed by atoms with E-state index >= 15 is 0 Å². The molecule has 0 unspecified atom stereocenters. The van der Waals surface area contributed by atoms with Crippen molar-refractivity contribution in [1.29, 1.82) is 0 Å². The molecule has 0 aliphatic rings. The summed E-state index contributed by atoms with van der Waals surface area (Å²) in [6.07, 6.45) is 3.16. The lowest BCUT2D eigenvalue weighted by Crippen LogP contribution is -1.90. The van der Waals surface area contributed by atoms with E-state index in [0.29, 0.717) is 5.65 Å². The molecular weight excluding hydrogens is 326 g/mol. The summed E-state index contributed by atoms with van der Waals surface area (Å²) in [6, 6.07) is 5.81. The Labute approximate surface area is 122 Å². The molecule has 7 heteroatoms. The SMILES string of the molecule is Nc1ccc(CSc2ncnc3nc[nH]c23)c(Br)c1. The summed E-state index contributed by atoms with van der Waals surface area (Å²) in [4.78, 5) is 15.6.